The van der Waals surface area contributed by atoms with E-state index in [4.69, 9.17) is 25.5 Å². The highest BCUT2D eigenvalue weighted by Gasteiger charge is 2.28. The standard InChI is InChI=1S/C9H21NO5/c1-7(2-11)10(8(3-12)4-13)9(5-14)6-15/h7-9,11-15H,2-6H2,1H3. The van der Waals surface area contributed by atoms with E-state index in [1.54, 1.807) is 6.92 Å². The molecule has 0 bridgehead atoms. The predicted molar refractivity (Wildman–Crippen MR) is 54.3 cm³/mol. The van der Waals surface area contributed by atoms with Crippen molar-refractivity contribution in [3.63, 3.8) is 0 Å². The Bertz CT molecular complexity index is 137. The van der Waals surface area contributed by atoms with Crippen molar-refractivity contribution in [2.45, 2.75) is 25.0 Å². The Morgan fingerprint density at radius 2 is 1.07 bits per heavy atom. The van der Waals surface area contributed by atoms with Crippen LogP contribution in [0.3, 0.4) is 0 Å². The Hall–Kier alpha value is -0.240. The summed E-state index contributed by atoms with van der Waals surface area (Å²) in [6.07, 6.45) is 0. The highest BCUT2D eigenvalue weighted by atomic mass is 16.3. The van der Waals surface area contributed by atoms with Crippen LogP contribution in [0.15, 0.2) is 0 Å². The van der Waals surface area contributed by atoms with Gasteiger partial charge in [-0.2, -0.15) is 0 Å². The molecule has 0 aliphatic rings. The van der Waals surface area contributed by atoms with Crippen LogP contribution in [-0.2, 0) is 0 Å². The third-order valence-corrected chi connectivity index (χ3v) is 2.46. The van der Waals surface area contributed by atoms with Gasteiger partial charge in [0, 0.05) is 6.04 Å². The zero-order valence-electron chi connectivity index (χ0n) is 8.95. The number of aliphatic hydroxyl groups is 5. The summed E-state index contributed by atoms with van der Waals surface area (Å²) in [6.45, 7) is 0.340. The molecule has 0 rings (SSSR count). The van der Waals surface area contributed by atoms with Crippen LogP contribution in [0.1, 0.15) is 6.92 Å². The molecule has 0 aromatic carbocycles. The first-order valence-electron chi connectivity index (χ1n) is 4.97. The number of nitrogens with zero attached hydrogens (tertiary/aromatic N) is 1. The topological polar surface area (TPSA) is 104 Å². The van der Waals surface area contributed by atoms with Crippen LogP contribution in [-0.4, -0.2) is 81.6 Å². The van der Waals surface area contributed by atoms with Gasteiger partial charge in [-0.05, 0) is 6.92 Å². The van der Waals surface area contributed by atoms with Gasteiger partial charge in [-0.25, -0.2) is 0 Å². The molecule has 0 amide bonds. The van der Waals surface area contributed by atoms with Gasteiger partial charge in [0.1, 0.15) is 0 Å². The smallest absolute Gasteiger partial charge is 0.0609 e. The van der Waals surface area contributed by atoms with Crippen molar-refractivity contribution in [3.8, 4) is 0 Å². The minimum atomic E-state index is -0.587. The molecule has 6 nitrogen and oxygen atoms in total. The second-order valence-corrected chi connectivity index (χ2v) is 3.52. The molecular formula is C9H21NO5. The summed E-state index contributed by atoms with van der Waals surface area (Å²) in [5, 5.41) is 45.2. The lowest BCUT2D eigenvalue weighted by atomic mass is 10.1. The molecule has 0 spiro atoms. The van der Waals surface area contributed by atoms with E-state index >= 15 is 0 Å². The van der Waals surface area contributed by atoms with Crippen molar-refractivity contribution in [2.24, 2.45) is 0 Å². The third kappa shape index (κ3) is 4.02. The lowest BCUT2D eigenvalue weighted by Gasteiger charge is -2.38. The van der Waals surface area contributed by atoms with Gasteiger partial charge in [0.2, 0.25) is 0 Å². The molecule has 0 aromatic heterocycles. The predicted octanol–water partition coefficient (Wildman–Crippen LogP) is -2.62. The average Bonchev–Trinajstić information content (AvgIpc) is 2.28. The van der Waals surface area contributed by atoms with Crippen LogP contribution in [0.5, 0.6) is 0 Å². The second-order valence-electron chi connectivity index (χ2n) is 3.52. The maximum Gasteiger partial charge on any atom is 0.0609 e. The van der Waals surface area contributed by atoms with Crippen LogP contribution in [0.2, 0.25) is 0 Å². The summed E-state index contributed by atoms with van der Waals surface area (Å²) in [7, 11) is 0. The Kier molecular flexibility index (Phi) is 7.85. The van der Waals surface area contributed by atoms with Crippen LogP contribution in [0.25, 0.3) is 0 Å². The molecule has 0 saturated carbocycles. The van der Waals surface area contributed by atoms with E-state index in [1.165, 1.54) is 4.90 Å². The first-order valence-corrected chi connectivity index (χ1v) is 4.97. The van der Waals surface area contributed by atoms with Crippen molar-refractivity contribution in [1.82, 2.24) is 4.90 Å². The minimum absolute atomic E-state index is 0.174. The molecule has 1 atom stereocenters. The number of rotatable bonds is 8. The van der Waals surface area contributed by atoms with Crippen LogP contribution >= 0.6 is 0 Å². The van der Waals surface area contributed by atoms with Gasteiger partial charge in [0.15, 0.2) is 0 Å². The first-order chi connectivity index (χ1) is 7.15. The van der Waals surface area contributed by atoms with Gasteiger partial charge in [0.05, 0.1) is 45.1 Å². The Balaban J connectivity index is 4.67. The largest absolute Gasteiger partial charge is 0.395 e. The van der Waals surface area contributed by atoms with E-state index in [0.717, 1.165) is 0 Å². The zero-order valence-corrected chi connectivity index (χ0v) is 8.95. The van der Waals surface area contributed by atoms with Gasteiger partial charge in [-0.3, -0.25) is 4.90 Å². The summed E-state index contributed by atoms with van der Waals surface area (Å²) in [5.41, 5.74) is 0. The molecule has 0 saturated heterocycles. The highest BCUT2D eigenvalue weighted by molar-refractivity contribution is 4.82. The van der Waals surface area contributed by atoms with Crippen LogP contribution < -0.4 is 0 Å². The molecule has 0 aliphatic carbocycles. The lowest BCUT2D eigenvalue weighted by molar-refractivity contribution is -0.0335. The Labute approximate surface area is 89.4 Å². The molecule has 0 heterocycles. The van der Waals surface area contributed by atoms with Gasteiger partial charge in [-0.15, -0.1) is 0 Å². The fourth-order valence-corrected chi connectivity index (χ4v) is 1.60. The molecule has 0 aromatic rings. The van der Waals surface area contributed by atoms with Gasteiger partial charge >= 0.3 is 0 Å². The van der Waals surface area contributed by atoms with E-state index in [2.05, 4.69) is 0 Å². The summed E-state index contributed by atoms with van der Waals surface area (Å²) in [4.78, 5) is 1.53. The monoisotopic (exact) mass is 223 g/mol. The quantitative estimate of drug-likeness (QED) is 0.308. The number of aliphatic hydroxyl groups excluding tert-OH is 5. The average molecular weight is 223 g/mol. The lowest BCUT2D eigenvalue weighted by Crippen LogP contribution is -2.55. The molecule has 0 radical (unpaired) electrons. The summed E-state index contributed by atoms with van der Waals surface area (Å²) >= 11 is 0. The fourth-order valence-electron chi connectivity index (χ4n) is 1.60. The van der Waals surface area contributed by atoms with Gasteiger partial charge < -0.3 is 25.5 Å². The summed E-state index contributed by atoms with van der Waals surface area (Å²) in [5.74, 6) is 0. The first kappa shape index (κ1) is 14.8. The summed E-state index contributed by atoms with van der Waals surface area (Å²) in [6, 6.07) is -1.52. The summed E-state index contributed by atoms with van der Waals surface area (Å²) < 4.78 is 0. The van der Waals surface area contributed by atoms with Gasteiger partial charge in [-0.1, -0.05) is 0 Å². The minimum Gasteiger partial charge on any atom is -0.395 e. The number of hydrogen-bond acceptors (Lipinski definition) is 6. The Morgan fingerprint density at radius 1 is 0.733 bits per heavy atom. The van der Waals surface area contributed by atoms with Crippen LogP contribution in [0.4, 0.5) is 0 Å². The molecule has 92 valence electrons. The molecule has 1 unspecified atom stereocenters. The van der Waals surface area contributed by atoms with E-state index in [1.807, 2.05) is 0 Å². The molecular weight excluding hydrogens is 202 g/mol. The maximum atomic E-state index is 9.03. The molecule has 15 heavy (non-hydrogen) atoms. The van der Waals surface area contributed by atoms with E-state index < -0.39 is 12.1 Å². The van der Waals surface area contributed by atoms with E-state index in [0.29, 0.717) is 0 Å². The fraction of sp³-hybridized carbons (Fsp3) is 1.00. The SMILES string of the molecule is CC(CO)N(C(CO)CO)C(CO)CO. The molecule has 5 N–H and O–H groups in total. The Morgan fingerprint density at radius 3 is 1.27 bits per heavy atom. The second kappa shape index (κ2) is 7.98. The number of hydrogen-bond donors (Lipinski definition) is 5. The normalized spacial score (nSPS) is 14.2. The maximum absolute atomic E-state index is 9.03. The van der Waals surface area contributed by atoms with Crippen molar-refractivity contribution < 1.29 is 25.5 Å². The van der Waals surface area contributed by atoms with Crippen LogP contribution in [0, 0.1) is 0 Å². The zero-order chi connectivity index (χ0) is 11.8. The van der Waals surface area contributed by atoms with Crippen molar-refractivity contribution >= 4 is 0 Å². The van der Waals surface area contributed by atoms with E-state index in [9.17, 15) is 0 Å². The van der Waals surface area contributed by atoms with Crippen molar-refractivity contribution in [1.29, 1.82) is 0 Å². The third-order valence-electron chi connectivity index (χ3n) is 2.46. The molecule has 0 fully saturated rings. The molecule has 6 heteroatoms. The van der Waals surface area contributed by atoms with Crippen molar-refractivity contribution in [2.75, 3.05) is 33.0 Å². The highest BCUT2D eigenvalue weighted by Crippen LogP contribution is 2.10. The molecule has 0 aliphatic heterocycles. The van der Waals surface area contributed by atoms with Crippen molar-refractivity contribution in [3.05, 3.63) is 0 Å². The van der Waals surface area contributed by atoms with E-state index in [-0.39, 0.29) is 39.1 Å². The van der Waals surface area contributed by atoms with Gasteiger partial charge in [0.25, 0.3) is 0 Å².